The summed E-state index contributed by atoms with van der Waals surface area (Å²) in [5, 5.41) is 13.9. The Morgan fingerprint density at radius 2 is 2.22 bits per heavy atom. The van der Waals surface area contributed by atoms with Crippen LogP contribution in [0.15, 0.2) is 16.7 Å². The standard InChI is InChI=1S/C15H22BrN7/c1-23(2)7-3-6-17-15-18-9-11(16)14(20-15)19-13-8-12(21-22-13)10-4-5-10/h8-10H,3-7H2,1-2H3,(H3,17,18,19,20,21,22). The lowest BCUT2D eigenvalue weighted by molar-refractivity contribution is 0.405. The van der Waals surface area contributed by atoms with E-state index in [4.69, 9.17) is 0 Å². The summed E-state index contributed by atoms with van der Waals surface area (Å²) in [5.74, 6) is 2.83. The number of nitrogens with one attached hydrogen (secondary N) is 3. The summed E-state index contributed by atoms with van der Waals surface area (Å²) in [6, 6.07) is 2.05. The van der Waals surface area contributed by atoms with Gasteiger partial charge in [-0.2, -0.15) is 10.1 Å². The first-order valence-electron chi connectivity index (χ1n) is 7.85. The van der Waals surface area contributed by atoms with Gasteiger partial charge in [0.15, 0.2) is 5.82 Å². The van der Waals surface area contributed by atoms with Crippen LogP contribution in [0.1, 0.15) is 30.9 Å². The van der Waals surface area contributed by atoms with E-state index >= 15 is 0 Å². The lowest BCUT2D eigenvalue weighted by atomic mass is 10.3. The zero-order chi connectivity index (χ0) is 16.2. The van der Waals surface area contributed by atoms with Crippen molar-refractivity contribution < 1.29 is 0 Å². The fraction of sp³-hybridized carbons (Fsp3) is 0.533. The van der Waals surface area contributed by atoms with Crippen molar-refractivity contribution in [1.82, 2.24) is 25.1 Å². The molecular weight excluding hydrogens is 358 g/mol. The van der Waals surface area contributed by atoms with Crippen molar-refractivity contribution in [1.29, 1.82) is 0 Å². The largest absolute Gasteiger partial charge is 0.354 e. The van der Waals surface area contributed by atoms with Crippen molar-refractivity contribution in [3.63, 3.8) is 0 Å². The third kappa shape index (κ3) is 4.65. The summed E-state index contributed by atoms with van der Waals surface area (Å²) in [4.78, 5) is 11.0. The van der Waals surface area contributed by atoms with E-state index in [1.165, 1.54) is 12.8 Å². The molecule has 1 fully saturated rings. The van der Waals surface area contributed by atoms with Gasteiger partial charge in [-0.25, -0.2) is 4.98 Å². The molecule has 0 saturated heterocycles. The van der Waals surface area contributed by atoms with Crippen LogP contribution in [0.3, 0.4) is 0 Å². The van der Waals surface area contributed by atoms with E-state index in [9.17, 15) is 0 Å². The maximum Gasteiger partial charge on any atom is 0.224 e. The van der Waals surface area contributed by atoms with Gasteiger partial charge in [0.1, 0.15) is 5.82 Å². The highest BCUT2D eigenvalue weighted by atomic mass is 79.9. The lowest BCUT2D eigenvalue weighted by Crippen LogP contribution is -2.17. The predicted octanol–water partition coefficient (Wildman–Crippen LogP) is 2.95. The summed E-state index contributed by atoms with van der Waals surface area (Å²) in [7, 11) is 4.14. The van der Waals surface area contributed by atoms with Crippen LogP contribution in [0.4, 0.5) is 17.6 Å². The Morgan fingerprint density at radius 1 is 1.39 bits per heavy atom. The number of anilines is 3. The molecule has 0 atom stereocenters. The van der Waals surface area contributed by atoms with Crippen molar-refractivity contribution in [3.8, 4) is 0 Å². The second-order valence-corrected chi connectivity index (χ2v) is 6.93. The summed E-state index contributed by atoms with van der Waals surface area (Å²) in [5.41, 5.74) is 1.12. The summed E-state index contributed by atoms with van der Waals surface area (Å²) in [6.45, 7) is 1.88. The number of rotatable bonds is 8. The van der Waals surface area contributed by atoms with E-state index in [1.807, 2.05) is 0 Å². The number of nitrogens with zero attached hydrogens (tertiary/aromatic N) is 4. The van der Waals surface area contributed by atoms with Gasteiger partial charge in [0.25, 0.3) is 0 Å². The Kier molecular flexibility index (Phi) is 5.12. The molecule has 1 saturated carbocycles. The Morgan fingerprint density at radius 3 is 2.96 bits per heavy atom. The molecule has 7 nitrogen and oxygen atoms in total. The van der Waals surface area contributed by atoms with E-state index in [2.05, 4.69) is 71.8 Å². The van der Waals surface area contributed by atoms with Crippen molar-refractivity contribution in [2.24, 2.45) is 0 Å². The van der Waals surface area contributed by atoms with Gasteiger partial charge in [0.05, 0.1) is 10.2 Å². The number of aromatic nitrogens is 4. The van der Waals surface area contributed by atoms with Crippen LogP contribution in [-0.4, -0.2) is 52.3 Å². The Hall–Kier alpha value is -1.67. The molecule has 2 heterocycles. The van der Waals surface area contributed by atoms with E-state index in [0.29, 0.717) is 11.9 Å². The Labute approximate surface area is 144 Å². The van der Waals surface area contributed by atoms with Crippen LogP contribution < -0.4 is 10.6 Å². The minimum atomic E-state index is 0.622. The first-order chi connectivity index (χ1) is 11.1. The Bertz CT molecular complexity index is 651. The van der Waals surface area contributed by atoms with Gasteiger partial charge >= 0.3 is 0 Å². The van der Waals surface area contributed by atoms with Crippen molar-refractivity contribution >= 4 is 33.5 Å². The van der Waals surface area contributed by atoms with E-state index in [0.717, 1.165) is 41.3 Å². The average molecular weight is 380 g/mol. The van der Waals surface area contributed by atoms with Gasteiger partial charge in [0, 0.05) is 24.7 Å². The molecule has 23 heavy (non-hydrogen) atoms. The molecular formula is C15H22BrN7. The molecule has 1 aliphatic rings. The second kappa shape index (κ2) is 7.27. The number of halogens is 1. The number of hydrogen-bond acceptors (Lipinski definition) is 6. The molecule has 0 spiro atoms. The van der Waals surface area contributed by atoms with Gasteiger partial charge < -0.3 is 15.5 Å². The molecule has 124 valence electrons. The molecule has 2 aromatic heterocycles. The van der Waals surface area contributed by atoms with Crippen molar-refractivity contribution in [2.75, 3.05) is 37.8 Å². The zero-order valence-corrected chi connectivity index (χ0v) is 15.0. The van der Waals surface area contributed by atoms with Gasteiger partial charge in [-0.1, -0.05) is 0 Å². The summed E-state index contributed by atoms with van der Waals surface area (Å²) in [6.07, 6.45) is 5.27. The molecule has 0 amide bonds. The van der Waals surface area contributed by atoms with Crippen LogP contribution >= 0.6 is 15.9 Å². The van der Waals surface area contributed by atoms with Gasteiger partial charge in [-0.3, -0.25) is 5.10 Å². The summed E-state index contributed by atoms with van der Waals surface area (Å²) >= 11 is 3.48. The number of H-pyrrole nitrogens is 1. The van der Waals surface area contributed by atoms with E-state index < -0.39 is 0 Å². The third-order valence-corrected chi connectivity index (χ3v) is 4.24. The van der Waals surface area contributed by atoms with E-state index in [-0.39, 0.29) is 0 Å². The number of aromatic amines is 1. The molecule has 0 radical (unpaired) electrons. The first kappa shape index (κ1) is 16.2. The normalized spacial score (nSPS) is 14.3. The first-order valence-corrected chi connectivity index (χ1v) is 8.64. The monoisotopic (exact) mass is 379 g/mol. The van der Waals surface area contributed by atoms with Gasteiger partial charge in [0.2, 0.25) is 5.95 Å². The second-order valence-electron chi connectivity index (χ2n) is 6.08. The van der Waals surface area contributed by atoms with Crippen molar-refractivity contribution in [2.45, 2.75) is 25.2 Å². The molecule has 1 aliphatic carbocycles. The van der Waals surface area contributed by atoms with Gasteiger partial charge in [-0.15, -0.1) is 0 Å². The third-order valence-electron chi connectivity index (χ3n) is 3.66. The predicted molar refractivity (Wildman–Crippen MR) is 95.2 cm³/mol. The van der Waals surface area contributed by atoms with Crippen molar-refractivity contribution in [3.05, 3.63) is 22.4 Å². The maximum atomic E-state index is 4.51. The average Bonchev–Trinajstić information content (AvgIpc) is 3.27. The highest BCUT2D eigenvalue weighted by molar-refractivity contribution is 9.10. The quantitative estimate of drug-likeness (QED) is 0.611. The van der Waals surface area contributed by atoms with Crippen LogP contribution in [0, 0.1) is 0 Å². The topological polar surface area (TPSA) is 81.8 Å². The minimum absolute atomic E-state index is 0.622. The van der Waals surface area contributed by atoms with Crippen LogP contribution in [-0.2, 0) is 0 Å². The van der Waals surface area contributed by atoms with Gasteiger partial charge in [-0.05, 0) is 55.8 Å². The molecule has 0 unspecified atom stereocenters. The smallest absolute Gasteiger partial charge is 0.224 e. The summed E-state index contributed by atoms with van der Waals surface area (Å²) < 4.78 is 0.818. The minimum Gasteiger partial charge on any atom is -0.354 e. The van der Waals surface area contributed by atoms with Crippen LogP contribution in [0.5, 0.6) is 0 Å². The molecule has 0 bridgehead atoms. The molecule has 2 aromatic rings. The van der Waals surface area contributed by atoms with E-state index in [1.54, 1.807) is 6.20 Å². The van der Waals surface area contributed by atoms with Crippen LogP contribution in [0.25, 0.3) is 0 Å². The Balaban J connectivity index is 1.60. The zero-order valence-electron chi connectivity index (χ0n) is 13.4. The lowest BCUT2D eigenvalue weighted by Gasteiger charge is -2.11. The fourth-order valence-electron chi connectivity index (χ4n) is 2.25. The number of hydrogen-bond donors (Lipinski definition) is 3. The molecule has 8 heteroatoms. The highest BCUT2D eigenvalue weighted by Crippen LogP contribution is 2.39. The molecule has 0 aliphatic heterocycles. The maximum absolute atomic E-state index is 4.51. The highest BCUT2D eigenvalue weighted by Gasteiger charge is 2.26. The SMILES string of the molecule is CN(C)CCCNc1ncc(Br)c(Nc2cc(C3CC3)n[nH]2)n1. The van der Waals surface area contributed by atoms with Crippen LogP contribution in [0.2, 0.25) is 0 Å². The molecule has 0 aromatic carbocycles. The molecule has 3 N–H and O–H groups in total. The fourth-order valence-corrected chi connectivity index (χ4v) is 2.54. The molecule has 3 rings (SSSR count).